The zero-order chi connectivity index (χ0) is 17.8. The van der Waals surface area contributed by atoms with Gasteiger partial charge in [0, 0.05) is 12.7 Å². The Kier molecular flexibility index (Phi) is 5.07. The van der Waals surface area contributed by atoms with Crippen molar-refractivity contribution < 1.29 is 4.39 Å². The molecule has 1 aliphatic rings. The molecule has 0 bridgehead atoms. The van der Waals surface area contributed by atoms with Crippen molar-refractivity contribution in [3.8, 4) is 11.1 Å². The molecule has 0 atom stereocenters. The lowest BCUT2D eigenvalue weighted by molar-refractivity contribution is 0.202. The summed E-state index contributed by atoms with van der Waals surface area (Å²) >= 11 is 0. The number of pyridine rings is 1. The van der Waals surface area contributed by atoms with Gasteiger partial charge in [-0.2, -0.15) is 0 Å². The Morgan fingerprint density at radius 1 is 0.885 bits per heavy atom. The maximum atomic E-state index is 13.1. The lowest BCUT2D eigenvalue weighted by Crippen LogP contribution is -2.32. The number of hydrogen-bond donors (Lipinski definition) is 0. The number of halogens is 1. The molecule has 132 valence electrons. The van der Waals surface area contributed by atoms with Crippen molar-refractivity contribution in [1.82, 2.24) is 9.88 Å². The lowest BCUT2D eigenvalue weighted by atomic mass is 9.89. The van der Waals surface area contributed by atoms with Gasteiger partial charge in [0.15, 0.2) is 0 Å². The van der Waals surface area contributed by atoms with Gasteiger partial charge in [0.05, 0.1) is 5.69 Å². The minimum atomic E-state index is -0.204. The fourth-order valence-corrected chi connectivity index (χ4v) is 3.77. The third-order valence-electron chi connectivity index (χ3n) is 5.24. The summed E-state index contributed by atoms with van der Waals surface area (Å²) in [6, 6.07) is 21.6. The van der Waals surface area contributed by atoms with Crippen LogP contribution < -0.4 is 0 Å². The molecule has 2 heterocycles. The molecule has 26 heavy (non-hydrogen) atoms. The first-order valence-electron chi connectivity index (χ1n) is 9.26. The number of aromatic nitrogens is 1. The molecule has 0 amide bonds. The van der Waals surface area contributed by atoms with Crippen LogP contribution in [0.5, 0.6) is 0 Å². The highest BCUT2D eigenvalue weighted by atomic mass is 19.1. The Morgan fingerprint density at radius 2 is 1.62 bits per heavy atom. The van der Waals surface area contributed by atoms with Crippen LogP contribution in [0.3, 0.4) is 0 Å². The fourth-order valence-electron chi connectivity index (χ4n) is 3.77. The van der Waals surface area contributed by atoms with E-state index in [1.807, 2.05) is 24.4 Å². The van der Waals surface area contributed by atoms with Gasteiger partial charge in [-0.3, -0.25) is 9.88 Å². The first-order chi connectivity index (χ1) is 12.8. The number of piperidine rings is 1. The van der Waals surface area contributed by atoms with E-state index in [0.717, 1.165) is 36.5 Å². The number of rotatable bonds is 4. The molecule has 3 aromatic rings. The van der Waals surface area contributed by atoms with Crippen LogP contribution in [0.15, 0.2) is 72.9 Å². The number of likely N-dealkylation sites (tertiary alicyclic amines) is 1. The van der Waals surface area contributed by atoms with Gasteiger partial charge in [-0.25, -0.2) is 4.39 Å². The molecule has 0 radical (unpaired) electrons. The van der Waals surface area contributed by atoms with Gasteiger partial charge < -0.3 is 0 Å². The van der Waals surface area contributed by atoms with Gasteiger partial charge >= 0.3 is 0 Å². The predicted octanol–water partition coefficient (Wildman–Crippen LogP) is 5.27. The third kappa shape index (κ3) is 4.00. The van der Waals surface area contributed by atoms with E-state index in [0.29, 0.717) is 5.92 Å². The van der Waals surface area contributed by atoms with E-state index in [1.54, 1.807) is 0 Å². The van der Waals surface area contributed by atoms with Crippen molar-refractivity contribution in [1.29, 1.82) is 0 Å². The number of nitrogens with zero attached hydrogens (tertiary/aromatic N) is 2. The first kappa shape index (κ1) is 16.9. The van der Waals surface area contributed by atoms with Crippen LogP contribution in [0.1, 0.15) is 30.0 Å². The van der Waals surface area contributed by atoms with E-state index in [2.05, 4.69) is 46.3 Å². The number of benzene rings is 2. The molecule has 1 aromatic heterocycles. The van der Waals surface area contributed by atoms with Gasteiger partial charge in [0.2, 0.25) is 0 Å². The van der Waals surface area contributed by atoms with Gasteiger partial charge in [-0.05, 0) is 72.8 Å². The highest BCUT2D eigenvalue weighted by Crippen LogP contribution is 2.28. The van der Waals surface area contributed by atoms with Crippen molar-refractivity contribution in [3.05, 3.63) is 90.0 Å². The standard InChI is InChI=1S/C23H23FN2/c24-22-8-6-19(7-9-22)21-10-13-25-23(16-21)17-26-14-11-20(12-15-26)18-4-2-1-3-5-18/h1-10,13,16,20H,11-12,14-15,17H2. The summed E-state index contributed by atoms with van der Waals surface area (Å²) in [6.45, 7) is 3.07. The van der Waals surface area contributed by atoms with E-state index in [1.165, 1.54) is 30.5 Å². The van der Waals surface area contributed by atoms with Crippen LogP contribution in [0, 0.1) is 5.82 Å². The van der Waals surface area contributed by atoms with Crippen molar-refractivity contribution >= 4 is 0 Å². The van der Waals surface area contributed by atoms with Crippen molar-refractivity contribution in [2.75, 3.05) is 13.1 Å². The Morgan fingerprint density at radius 3 is 2.35 bits per heavy atom. The maximum Gasteiger partial charge on any atom is 0.123 e. The quantitative estimate of drug-likeness (QED) is 0.640. The molecule has 4 rings (SSSR count). The average Bonchev–Trinajstić information content (AvgIpc) is 2.70. The van der Waals surface area contributed by atoms with Crippen LogP contribution in [-0.4, -0.2) is 23.0 Å². The molecule has 0 spiro atoms. The van der Waals surface area contributed by atoms with Crippen molar-refractivity contribution in [2.45, 2.75) is 25.3 Å². The molecule has 0 N–H and O–H groups in total. The van der Waals surface area contributed by atoms with Crippen molar-refractivity contribution in [2.24, 2.45) is 0 Å². The van der Waals surface area contributed by atoms with Crippen LogP contribution in [0.2, 0.25) is 0 Å². The molecule has 0 saturated carbocycles. The fraction of sp³-hybridized carbons (Fsp3) is 0.261. The summed E-state index contributed by atoms with van der Waals surface area (Å²) in [4.78, 5) is 7.02. The summed E-state index contributed by atoms with van der Waals surface area (Å²) in [6.07, 6.45) is 4.24. The summed E-state index contributed by atoms with van der Waals surface area (Å²) in [7, 11) is 0. The highest BCUT2D eigenvalue weighted by Gasteiger charge is 2.20. The van der Waals surface area contributed by atoms with Gasteiger partial charge in [-0.15, -0.1) is 0 Å². The Balaban J connectivity index is 1.39. The van der Waals surface area contributed by atoms with E-state index >= 15 is 0 Å². The van der Waals surface area contributed by atoms with E-state index < -0.39 is 0 Å². The molecule has 3 heteroatoms. The molecule has 2 aromatic carbocycles. The molecule has 2 nitrogen and oxygen atoms in total. The van der Waals surface area contributed by atoms with Gasteiger partial charge in [-0.1, -0.05) is 42.5 Å². The summed E-state index contributed by atoms with van der Waals surface area (Å²) in [5, 5.41) is 0. The smallest absolute Gasteiger partial charge is 0.123 e. The second-order valence-corrected chi connectivity index (χ2v) is 7.00. The average molecular weight is 346 g/mol. The highest BCUT2D eigenvalue weighted by molar-refractivity contribution is 5.63. The van der Waals surface area contributed by atoms with Crippen LogP contribution in [0.4, 0.5) is 4.39 Å². The zero-order valence-corrected chi connectivity index (χ0v) is 14.8. The third-order valence-corrected chi connectivity index (χ3v) is 5.24. The van der Waals surface area contributed by atoms with Crippen molar-refractivity contribution in [3.63, 3.8) is 0 Å². The molecule has 1 aliphatic heterocycles. The SMILES string of the molecule is Fc1ccc(-c2ccnc(CN3CCC(c4ccccc4)CC3)c2)cc1. The lowest BCUT2D eigenvalue weighted by Gasteiger charge is -2.32. The summed E-state index contributed by atoms with van der Waals surface area (Å²) < 4.78 is 13.1. The molecule has 0 unspecified atom stereocenters. The Labute approximate surface area is 154 Å². The number of hydrogen-bond acceptors (Lipinski definition) is 2. The summed E-state index contributed by atoms with van der Waals surface area (Å²) in [5.41, 5.74) is 4.65. The van der Waals surface area contributed by atoms with E-state index in [4.69, 9.17) is 0 Å². The minimum absolute atomic E-state index is 0.204. The van der Waals surface area contributed by atoms with Crippen LogP contribution in [-0.2, 0) is 6.54 Å². The monoisotopic (exact) mass is 346 g/mol. The second kappa shape index (κ2) is 7.79. The minimum Gasteiger partial charge on any atom is -0.297 e. The summed E-state index contributed by atoms with van der Waals surface area (Å²) in [5.74, 6) is 0.468. The normalized spacial score (nSPS) is 15.9. The Bertz CT molecular complexity index is 838. The van der Waals surface area contributed by atoms with Crippen LogP contribution in [0.25, 0.3) is 11.1 Å². The largest absolute Gasteiger partial charge is 0.297 e. The molecule has 1 fully saturated rings. The van der Waals surface area contributed by atoms with Gasteiger partial charge in [0.1, 0.15) is 5.82 Å². The first-order valence-corrected chi connectivity index (χ1v) is 9.26. The predicted molar refractivity (Wildman–Crippen MR) is 103 cm³/mol. The van der Waals surface area contributed by atoms with E-state index in [-0.39, 0.29) is 5.82 Å². The molecule has 1 saturated heterocycles. The zero-order valence-electron chi connectivity index (χ0n) is 14.8. The molecule has 0 aliphatic carbocycles. The second-order valence-electron chi connectivity index (χ2n) is 7.00. The van der Waals surface area contributed by atoms with Crippen LogP contribution >= 0.6 is 0 Å². The van der Waals surface area contributed by atoms with E-state index in [9.17, 15) is 4.39 Å². The molecular formula is C23H23FN2. The molecular weight excluding hydrogens is 323 g/mol. The maximum absolute atomic E-state index is 13.1. The van der Waals surface area contributed by atoms with Gasteiger partial charge in [0.25, 0.3) is 0 Å². The topological polar surface area (TPSA) is 16.1 Å². The Hall–Kier alpha value is -2.52.